The van der Waals surface area contributed by atoms with E-state index in [1.54, 1.807) is 48.5 Å². The van der Waals surface area contributed by atoms with Crippen LogP contribution in [0, 0.1) is 5.82 Å². The fourth-order valence-corrected chi connectivity index (χ4v) is 3.35. The quantitative estimate of drug-likeness (QED) is 0.416. The third-order valence-corrected chi connectivity index (χ3v) is 5.03. The number of aromatic carboxylic acids is 1. The van der Waals surface area contributed by atoms with E-state index < -0.39 is 11.9 Å². The minimum Gasteiger partial charge on any atom is -0.478 e. The van der Waals surface area contributed by atoms with E-state index in [0.29, 0.717) is 17.5 Å². The standard InChI is InChI=1S/C26H19FO4/c27-24-11-4-18(5-12-24)16-31-26(30)22-10-9-20-6-3-19(14-23(20)15-22)13-17-1-7-21(8-2-17)25(28)29/h1-12,14-15H,13,16H2,(H,28,29). The zero-order chi connectivity index (χ0) is 21.8. The number of carboxylic acid groups (broad SMARTS) is 1. The van der Waals surface area contributed by atoms with Gasteiger partial charge in [0, 0.05) is 0 Å². The van der Waals surface area contributed by atoms with Gasteiger partial charge in [-0.1, -0.05) is 48.5 Å². The second-order valence-corrected chi connectivity index (χ2v) is 7.28. The SMILES string of the molecule is O=C(O)c1ccc(Cc2ccc3ccc(C(=O)OCc4ccc(F)cc4)cc3c2)cc1. The minimum absolute atomic E-state index is 0.0729. The number of ether oxygens (including phenoxy) is 1. The fourth-order valence-electron chi connectivity index (χ4n) is 3.35. The average Bonchev–Trinajstić information content (AvgIpc) is 2.78. The number of carboxylic acids is 1. The van der Waals surface area contributed by atoms with Crippen LogP contribution in [0.25, 0.3) is 10.8 Å². The Morgan fingerprint density at radius 2 is 1.32 bits per heavy atom. The highest BCUT2D eigenvalue weighted by atomic mass is 19.1. The Balaban J connectivity index is 1.49. The van der Waals surface area contributed by atoms with Crippen LogP contribution in [0.3, 0.4) is 0 Å². The van der Waals surface area contributed by atoms with Crippen molar-refractivity contribution in [2.45, 2.75) is 13.0 Å². The monoisotopic (exact) mass is 414 g/mol. The van der Waals surface area contributed by atoms with Gasteiger partial charge in [0.15, 0.2) is 0 Å². The van der Waals surface area contributed by atoms with Crippen LogP contribution in [0.5, 0.6) is 0 Å². The molecule has 5 heteroatoms. The predicted octanol–water partition coefficient (Wildman–Crippen LogP) is 5.62. The Morgan fingerprint density at radius 1 is 0.710 bits per heavy atom. The smallest absolute Gasteiger partial charge is 0.338 e. The van der Waals surface area contributed by atoms with Gasteiger partial charge < -0.3 is 9.84 Å². The highest BCUT2D eigenvalue weighted by Gasteiger charge is 2.09. The van der Waals surface area contributed by atoms with Crippen molar-refractivity contribution >= 4 is 22.7 Å². The van der Waals surface area contributed by atoms with Crippen LogP contribution >= 0.6 is 0 Å². The number of rotatable bonds is 6. The van der Waals surface area contributed by atoms with Gasteiger partial charge in [0.25, 0.3) is 0 Å². The van der Waals surface area contributed by atoms with Crippen LogP contribution in [0.4, 0.5) is 4.39 Å². The number of carbonyl (C=O) groups is 2. The van der Waals surface area contributed by atoms with Crippen LogP contribution in [-0.2, 0) is 17.8 Å². The molecular formula is C26H19FO4. The molecule has 1 N–H and O–H groups in total. The summed E-state index contributed by atoms with van der Waals surface area (Å²) in [7, 11) is 0. The van der Waals surface area contributed by atoms with Gasteiger partial charge in [0.2, 0.25) is 0 Å². The van der Waals surface area contributed by atoms with E-state index in [0.717, 1.165) is 21.9 Å². The largest absolute Gasteiger partial charge is 0.478 e. The number of fused-ring (bicyclic) bond motifs is 1. The van der Waals surface area contributed by atoms with Gasteiger partial charge in [-0.2, -0.15) is 0 Å². The first kappa shape index (κ1) is 20.3. The molecule has 0 atom stereocenters. The molecule has 0 saturated carbocycles. The van der Waals surface area contributed by atoms with Crippen LogP contribution in [-0.4, -0.2) is 17.0 Å². The molecule has 0 aliphatic rings. The Hall–Kier alpha value is -3.99. The van der Waals surface area contributed by atoms with Crippen LogP contribution in [0.2, 0.25) is 0 Å². The van der Waals surface area contributed by atoms with Crippen molar-refractivity contribution in [3.05, 3.63) is 119 Å². The van der Waals surface area contributed by atoms with Gasteiger partial charge in [0.05, 0.1) is 11.1 Å². The molecule has 4 rings (SSSR count). The highest BCUT2D eigenvalue weighted by molar-refractivity contribution is 5.95. The van der Waals surface area contributed by atoms with E-state index in [9.17, 15) is 14.0 Å². The summed E-state index contributed by atoms with van der Waals surface area (Å²) >= 11 is 0. The maximum absolute atomic E-state index is 13.0. The second kappa shape index (κ2) is 8.79. The average molecular weight is 414 g/mol. The third kappa shape index (κ3) is 4.95. The van der Waals surface area contributed by atoms with Gasteiger partial charge in [-0.05, 0) is 70.3 Å². The first-order valence-corrected chi connectivity index (χ1v) is 9.74. The minimum atomic E-state index is -0.948. The van der Waals surface area contributed by atoms with E-state index in [2.05, 4.69) is 0 Å². The van der Waals surface area contributed by atoms with Crippen molar-refractivity contribution in [2.75, 3.05) is 0 Å². The molecule has 0 bridgehead atoms. The number of esters is 1. The van der Waals surface area contributed by atoms with E-state index in [1.807, 2.05) is 24.3 Å². The number of halogens is 1. The summed E-state index contributed by atoms with van der Waals surface area (Å²) in [5.74, 6) is -1.73. The first-order valence-electron chi connectivity index (χ1n) is 9.74. The van der Waals surface area contributed by atoms with Crippen molar-refractivity contribution in [1.29, 1.82) is 0 Å². The topological polar surface area (TPSA) is 63.6 Å². The van der Waals surface area contributed by atoms with Crippen molar-refractivity contribution in [1.82, 2.24) is 0 Å². The number of carbonyl (C=O) groups excluding carboxylic acids is 1. The van der Waals surface area contributed by atoms with E-state index in [1.165, 1.54) is 12.1 Å². The summed E-state index contributed by atoms with van der Waals surface area (Å²) in [4.78, 5) is 23.4. The van der Waals surface area contributed by atoms with E-state index in [-0.39, 0.29) is 18.0 Å². The molecule has 4 nitrogen and oxygen atoms in total. The molecular weight excluding hydrogens is 395 g/mol. The Bertz CT molecular complexity index is 1240. The highest BCUT2D eigenvalue weighted by Crippen LogP contribution is 2.21. The van der Waals surface area contributed by atoms with Crippen LogP contribution in [0.1, 0.15) is 37.4 Å². The van der Waals surface area contributed by atoms with Crippen LogP contribution in [0.15, 0.2) is 84.9 Å². The van der Waals surface area contributed by atoms with Crippen LogP contribution < -0.4 is 0 Å². The van der Waals surface area contributed by atoms with Crippen molar-refractivity contribution in [3.63, 3.8) is 0 Å². The molecule has 0 radical (unpaired) electrons. The second-order valence-electron chi connectivity index (χ2n) is 7.28. The lowest BCUT2D eigenvalue weighted by atomic mass is 9.99. The molecule has 4 aromatic rings. The molecule has 0 heterocycles. The van der Waals surface area contributed by atoms with Crippen molar-refractivity contribution < 1.29 is 23.8 Å². The molecule has 154 valence electrons. The molecule has 0 amide bonds. The first-order chi connectivity index (χ1) is 15.0. The zero-order valence-corrected chi connectivity index (χ0v) is 16.5. The van der Waals surface area contributed by atoms with Crippen molar-refractivity contribution in [3.8, 4) is 0 Å². The molecule has 0 unspecified atom stereocenters. The molecule has 4 aromatic carbocycles. The van der Waals surface area contributed by atoms with Gasteiger partial charge in [-0.3, -0.25) is 0 Å². The molecule has 0 saturated heterocycles. The Morgan fingerprint density at radius 3 is 2.03 bits per heavy atom. The van der Waals surface area contributed by atoms with Gasteiger partial charge in [-0.25, -0.2) is 14.0 Å². The summed E-state index contributed by atoms with van der Waals surface area (Å²) in [6.07, 6.45) is 0.648. The third-order valence-electron chi connectivity index (χ3n) is 5.03. The lowest BCUT2D eigenvalue weighted by Crippen LogP contribution is -2.05. The van der Waals surface area contributed by atoms with Gasteiger partial charge in [0.1, 0.15) is 12.4 Å². The lowest BCUT2D eigenvalue weighted by molar-refractivity contribution is 0.0472. The van der Waals surface area contributed by atoms with Crippen molar-refractivity contribution in [2.24, 2.45) is 0 Å². The summed E-state index contributed by atoms with van der Waals surface area (Å²) in [6, 6.07) is 24.0. The molecule has 0 fully saturated rings. The number of benzene rings is 4. The van der Waals surface area contributed by atoms with E-state index >= 15 is 0 Å². The van der Waals surface area contributed by atoms with Gasteiger partial charge >= 0.3 is 11.9 Å². The predicted molar refractivity (Wildman–Crippen MR) is 116 cm³/mol. The molecule has 0 aromatic heterocycles. The fraction of sp³-hybridized carbons (Fsp3) is 0.0769. The summed E-state index contributed by atoms with van der Waals surface area (Å²) in [5, 5.41) is 10.9. The lowest BCUT2D eigenvalue weighted by Gasteiger charge is -2.08. The number of hydrogen-bond acceptors (Lipinski definition) is 3. The Kier molecular flexibility index (Phi) is 5.76. The number of hydrogen-bond donors (Lipinski definition) is 1. The summed E-state index contributed by atoms with van der Waals surface area (Å²) in [6.45, 7) is 0.0729. The molecule has 0 aliphatic carbocycles. The molecule has 0 aliphatic heterocycles. The Labute approximate surface area is 178 Å². The van der Waals surface area contributed by atoms with Gasteiger partial charge in [-0.15, -0.1) is 0 Å². The van der Waals surface area contributed by atoms with E-state index in [4.69, 9.17) is 9.84 Å². The maximum atomic E-state index is 13.0. The maximum Gasteiger partial charge on any atom is 0.338 e. The molecule has 0 spiro atoms. The summed E-state index contributed by atoms with van der Waals surface area (Å²) < 4.78 is 18.3. The summed E-state index contributed by atoms with van der Waals surface area (Å²) in [5.41, 5.74) is 3.46. The normalized spacial score (nSPS) is 10.7. The molecule has 31 heavy (non-hydrogen) atoms. The zero-order valence-electron chi connectivity index (χ0n) is 16.5.